The number of carbonyl (C=O) groups is 1. The SMILES string of the molecule is CC(C)C(C)NC(=O)CC(c1cccc(C(F)(F)F)c1)c1cnc2ccc(Cl)cn12. The fourth-order valence-electron chi connectivity index (χ4n) is 3.22. The van der Waals surface area contributed by atoms with E-state index in [1.54, 1.807) is 35.0 Å². The summed E-state index contributed by atoms with van der Waals surface area (Å²) < 4.78 is 41.6. The van der Waals surface area contributed by atoms with Crippen LogP contribution in [-0.4, -0.2) is 21.3 Å². The molecule has 1 amide bonds. The van der Waals surface area contributed by atoms with Crippen LogP contribution in [-0.2, 0) is 11.0 Å². The number of imidazole rings is 1. The monoisotopic (exact) mass is 437 g/mol. The Kier molecular flexibility index (Phi) is 6.41. The quantitative estimate of drug-likeness (QED) is 0.538. The predicted molar refractivity (Wildman–Crippen MR) is 111 cm³/mol. The molecule has 1 aromatic carbocycles. The van der Waals surface area contributed by atoms with Gasteiger partial charge in [0.15, 0.2) is 0 Å². The molecule has 160 valence electrons. The molecule has 0 fully saturated rings. The van der Waals surface area contributed by atoms with Crippen molar-refractivity contribution in [1.82, 2.24) is 14.7 Å². The molecule has 3 rings (SSSR count). The highest BCUT2D eigenvalue weighted by Crippen LogP contribution is 2.34. The van der Waals surface area contributed by atoms with Gasteiger partial charge in [-0.2, -0.15) is 13.2 Å². The third-order valence-electron chi connectivity index (χ3n) is 5.25. The second-order valence-corrected chi connectivity index (χ2v) is 8.18. The van der Waals surface area contributed by atoms with Gasteiger partial charge in [0, 0.05) is 30.8 Å². The highest BCUT2D eigenvalue weighted by atomic mass is 35.5. The van der Waals surface area contributed by atoms with E-state index in [9.17, 15) is 18.0 Å². The summed E-state index contributed by atoms with van der Waals surface area (Å²) in [5, 5.41) is 3.39. The lowest BCUT2D eigenvalue weighted by Crippen LogP contribution is -2.36. The molecule has 0 aliphatic heterocycles. The molecule has 0 aliphatic rings. The molecule has 0 spiro atoms. The molecule has 2 atom stereocenters. The third-order valence-corrected chi connectivity index (χ3v) is 5.47. The van der Waals surface area contributed by atoms with Crippen LogP contribution in [0.1, 0.15) is 49.9 Å². The summed E-state index contributed by atoms with van der Waals surface area (Å²) in [6, 6.07) is 8.41. The maximum atomic E-state index is 13.3. The van der Waals surface area contributed by atoms with Gasteiger partial charge in [0.1, 0.15) is 5.65 Å². The van der Waals surface area contributed by atoms with Crippen LogP contribution >= 0.6 is 11.6 Å². The van der Waals surface area contributed by atoms with Gasteiger partial charge in [-0.1, -0.05) is 43.6 Å². The molecule has 0 bridgehead atoms. The first kappa shape index (κ1) is 22.2. The number of alkyl halides is 3. The standard InChI is InChI=1S/C22H23ClF3N3O/c1-13(2)14(3)28-21(30)10-18(15-5-4-6-16(9-15)22(24,25)26)19-11-27-20-8-7-17(23)12-29(19)20/h4-9,11-14,18H,10H2,1-3H3,(H,28,30). The van der Waals surface area contributed by atoms with Crippen LogP contribution in [0.3, 0.4) is 0 Å². The average molecular weight is 438 g/mol. The average Bonchev–Trinajstić information content (AvgIpc) is 3.08. The van der Waals surface area contributed by atoms with E-state index in [-0.39, 0.29) is 24.3 Å². The van der Waals surface area contributed by atoms with Crippen LogP contribution in [0.4, 0.5) is 13.2 Å². The van der Waals surface area contributed by atoms with Crippen molar-refractivity contribution in [3.63, 3.8) is 0 Å². The minimum Gasteiger partial charge on any atom is -0.353 e. The highest BCUT2D eigenvalue weighted by molar-refractivity contribution is 6.30. The Morgan fingerprint density at radius 2 is 1.93 bits per heavy atom. The first-order chi connectivity index (χ1) is 14.1. The molecular formula is C22H23ClF3N3O. The van der Waals surface area contributed by atoms with Gasteiger partial charge in [-0.15, -0.1) is 0 Å². The maximum absolute atomic E-state index is 13.3. The van der Waals surface area contributed by atoms with Crippen LogP contribution in [0.5, 0.6) is 0 Å². The van der Waals surface area contributed by atoms with Crippen LogP contribution in [0.15, 0.2) is 48.8 Å². The second kappa shape index (κ2) is 8.68. The number of carbonyl (C=O) groups excluding carboxylic acids is 1. The number of nitrogens with one attached hydrogen (secondary N) is 1. The Labute approximate surface area is 178 Å². The molecule has 4 nitrogen and oxygen atoms in total. The number of fused-ring (bicyclic) bond motifs is 1. The number of amides is 1. The molecule has 3 aromatic rings. The number of aromatic nitrogens is 2. The van der Waals surface area contributed by atoms with Crippen LogP contribution in [0, 0.1) is 5.92 Å². The summed E-state index contributed by atoms with van der Waals surface area (Å²) >= 11 is 6.12. The molecule has 0 radical (unpaired) electrons. The van der Waals surface area contributed by atoms with Gasteiger partial charge in [0.2, 0.25) is 5.91 Å². The van der Waals surface area contributed by atoms with Crippen molar-refractivity contribution in [2.24, 2.45) is 5.92 Å². The number of benzene rings is 1. The van der Waals surface area contributed by atoms with Crippen LogP contribution in [0.25, 0.3) is 5.65 Å². The van der Waals surface area contributed by atoms with Crippen molar-refractivity contribution in [3.05, 3.63) is 70.6 Å². The minimum atomic E-state index is -4.47. The molecule has 2 heterocycles. The lowest BCUT2D eigenvalue weighted by Gasteiger charge is -2.22. The number of hydrogen-bond donors (Lipinski definition) is 1. The summed E-state index contributed by atoms with van der Waals surface area (Å²) in [4.78, 5) is 17.1. The Morgan fingerprint density at radius 3 is 2.60 bits per heavy atom. The van der Waals surface area contributed by atoms with E-state index in [0.29, 0.717) is 21.9 Å². The number of pyridine rings is 1. The maximum Gasteiger partial charge on any atom is 0.416 e. The molecular weight excluding hydrogens is 415 g/mol. The third kappa shape index (κ3) is 4.95. The van der Waals surface area contributed by atoms with Crippen molar-refractivity contribution < 1.29 is 18.0 Å². The van der Waals surface area contributed by atoms with Gasteiger partial charge in [-0.25, -0.2) is 4.98 Å². The Balaban J connectivity index is 2.05. The van der Waals surface area contributed by atoms with E-state index in [4.69, 9.17) is 11.6 Å². The van der Waals surface area contributed by atoms with E-state index < -0.39 is 17.7 Å². The number of nitrogens with zero attached hydrogens (tertiary/aromatic N) is 2. The van der Waals surface area contributed by atoms with E-state index in [0.717, 1.165) is 12.1 Å². The molecule has 0 saturated heterocycles. The van der Waals surface area contributed by atoms with E-state index in [1.165, 1.54) is 6.07 Å². The molecule has 0 aliphatic carbocycles. The first-order valence-corrected chi connectivity index (χ1v) is 10.0. The van der Waals surface area contributed by atoms with Gasteiger partial charge in [0.25, 0.3) is 0 Å². The fraction of sp³-hybridized carbons (Fsp3) is 0.364. The molecule has 2 unspecified atom stereocenters. The number of halogens is 4. The Hall–Kier alpha value is -2.54. The van der Waals surface area contributed by atoms with E-state index >= 15 is 0 Å². The smallest absolute Gasteiger partial charge is 0.353 e. The lowest BCUT2D eigenvalue weighted by atomic mass is 9.90. The zero-order valence-electron chi connectivity index (χ0n) is 16.9. The van der Waals surface area contributed by atoms with Gasteiger partial charge < -0.3 is 9.72 Å². The molecule has 0 saturated carbocycles. The van der Waals surface area contributed by atoms with Gasteiger partial charge in [0.05, 0.1) is 16.3 Å². The lowest BCUT2D eigenvalue weighted by molar-refractivity contribution is -0.137. The van der Waals surface area contributed by atoms with Crippen molar-refractivity contribution in [2.45, 2.75) is 45.3 Å². The topological polar surface area (TPSA) is 46.4 Å². The van der Waals surface area contributed by atoms with E-state index in [2.05, 4.69) is 10.3 Å². The van der Waals surface area contributed by atoms with Crippen LogP contribution < -0.4 is 5.32 Å². The molecule has 1 N–H and O–H groups in total. The summed E-state index contributed by atoms with van der Waals surface area (Å²) in [5.74, 6) is -0.633. The first-order valence-electron chi connectivity index (χ1n) is 9.65. The fourth-order valence-corrected chi connectivity index (χ4v) is 3.38. The van der Waals surface area contributed by atoms with E-state index in [1.807, 2.05) is 20.8 Å². The minimum absolute atomic E-state index is 0.0152. The zero-order valence-corrected chi connectivity index (χ0v) is 17.6. The van der Waals surface area contributed by atoms with Gasteiger partial charge >= 0.3 is 6.18 Å². The zero-order chi connectivity index (χ0) is 22.1. The van der Waals surface area contributed by atoms with Crippen molar-refractivity contribution in [2.75, 3.05) is 0 Å². The molecule has 30 heavy (non-hydrogen) atoms. The summed E-state index contributed by atoms with van der Waals surface area (Å²) in [7, 11) is 0. The molecule has 8 heteroatoms. The van der Waals surface area contributed by atoms with Crippen molar-refractivity contribution in [1.29, 1.82) is 0 Å². The molecule has 2 aromatic heterocycles. The van der Waals surface area contributed by atoms with Crippen LogP contribution in [0.2, 0.25) is 5.02 Å². The second-order valence-electron chi connectivity index (χ2n) is 7.74. The number of hydrogen-bond acceptors (Lipinski definition) is 2. The predicted octanol–water partition coefficient (Wildman–Crippen LogP) is 5.69. The summed E-state index contributed by atoms with van der Waals surface area (Å²) in [5.41, 5.74) is 0.827. The Bertz CT molecular complexity index is 1050. The number of rotatable bonds is 6. The van der Waals surface area contributed by atoms with Crippen molar-refractivity contribution in [3.8, 4) is 0 Å². The highest BCUT2D eigenvalue weighted by Gasteiger charge is 2.32. The van der Waals surface area contributed by atoms with Crippen molar-refractivity contribution >= 4 is 23.2 Å². The summed E-state index contributed by atoms with van der Waals surface area (Å²) in [6.45, 7) is 5.87. The largest absolute Gasteiger partial charge is 0.416 e. The summed E-state index contributed by atoms with van der Waals surface area (Å²) in [6.07, 6.45) is -1.26. The van der Waals surface area contributed by atoms with Gasteiger partial charge in [-0.3, -0.25) is 4.79 Å². The van der Waals surface area contributed by atoms with Gasteiger partial charge in [-0.05, 0) is 36.6 Å². The Morgan fingerprint density at radius 1 is 1.20 bits per heavy atom. The normalized spacial score (nSPS) is 14.1.